The zero-order valence-corrected chi connectivity index (χ0v) is 17.8. The number of hydrogen-bond acceptors (Lipinski definition) is 4. The standard InChI is InChI=1S/C22H29N3O3S/c1-13(29-19-5-3-18(4-6-19)23-14(2)26)20(27)24-21(28)25-22-10-15-7-16(11-22)9-17(8-15)12-22/h3-6,13,15-17H,7-12H2,1-2H3,(H,23,26)(H2,24,25,27,28)/t13-,15?,16?,17?,22?/m0/s1. The number of rotatable bonds is 5. The lowest BCUT2D eigenvalue weighted by Gasteiger charge is -2.56. The first-order valence-electron chi connectivity index (χ1n) is 10.5. The average Bonchev–Trinajstić information content (AvgIpc) is 2.61. The fourth-order valence-corrected chi connectivity index (χ4v) is 6.69. The summed E-state index contributed by atoms with van der Waals surface area (Å²) in [5.41, 5.74) is 0.614. The summed E-state index contributed by atoms with van der Waals surface area (Å²) >= 11 is 1.39. The molecule has 6 nitrogen and oxygen atoms in total. The van der Waals surface area contributed by atoms with Gasteiger partial charge in [0.05, 0.1) is 5.25 Å². The van der Waals surface area contributed by atoms with Crippen LogP contribution in [0.1, 0.15) is 52.4 Å². The van der Waals surface area contributed by atoms with Crippen LogP contribution in [0.3, 0.4) is 0 Å². The molecule has 0 unspecified atom stereocenters. The first kappa shape index (κ1) is 20.3. The molecule has 0 saturated heterocycles. The van der Waals surface area contributed by atoms with Gasteiger partial charge in [-0.05, 0) is 87.5 Å². The number of benzene rings is 1. The maximum Gasteiger partial charge on any atom is 0.321 e. The van der Waals surface area contributed by atoms with Gasteiger partial charge in [0, 0.05) is 23.0 Å². The lowest BCUT2D eigenvalue weighted by Crippen LogP contribution is -2.62. The van der Waals surface area contributed by atoms with Gasteiger partial charge in [0.1, 0.15) is 0 Å². The van der Waals surface area contributed by atoms with E-state index in [1.54, 1.807) is 19.1 Å². The number of amides is 4. The summed E-state index contributed by atoms with van der Waals surface area (Å²) in [7, 11) is 0. The molecule has 3 N–H and O–H groups in total. The van der Waals surface area contributed by atoms with Crippen molar-refractivity contribution in [3.8, 4) is 0 Å². The van der Waals surface area contributed by atoms with Crippen LogP contribution in [0.2, 0.25) is 0 Å². The Morgan fingerprint density at radius 1 is 1.00 bits per heavy atom. The van der Waals surface area contributed by atoms with E-state index in [1.807, 2.05) is 12.1 Å². The van der Waals surface area contributed by atoms with Crippen molar-refractivity contribution >= 4 is 35.3 Å². The molecule has 0 aliphatic heterocycles. The van der Waals surface area contributed by atoms with Crippen LogP contribution in [0.25, 0.3) is 0 Å². The second kappa shape index (κ2) is 8.01. The molecule has 5 rings (SSSR count). The predicted molar refractivity (Wildman–Crippen MR) is 114 cm³/mol. The topological polar surface area (TPSA) is 87.3 Å². The number of urea groups is 1. The van der Waals surface area contributed by atoms with E-state index in [2.05, 4.69) is 16.0 Å². The second-order valence-electron chi connectivity index (χ2n) is 9.11. The Morgan fingerprint density at radius 3 is 2.07 bits per heavy atom. The molecule has 4 amide bonds. The Labute approximate surface area is 176 Å². The SMILES string of the molecule is CC(=O)Nc1ccc(S[C@@H](C)C(=O)NC(=O)NC23CC4CC(CC(C4)C2)C3)cc1. The van der Waals surface area contributed by atoms with Crippen LogP contribution in [-0.4, -0.2) is 28.6 Å². The first-order chi connectivity index (χ1) is 13.8. The third-order valence-corrected chi connectivity index (χ3v) is 7.62. The molecule has 156 valence electrons. The van der Waals surface area contributed by atoms with Gasteiger partial charge in [0.15, 0.2) is 0 Å². The summed E-state index contributed by atoms with van der Waals surface area (Å²) in [6.07, 6.45) is 7.13. The molecular weight excluding hydrogens is 386 g/mol. The molecule has 4 aliphatic rings. The van der Waals surface area contributed by atoms with Gasteiger partial charge in [0.25, 0.3) is 0 Å². The van der Waals surface area contributed by atoms with E-state index in [0.717, 1.165) is 41.9 Å². The molecule has 29 heavy (non-hydrogen) atoms. The van der Waals surface area contributed by atoms with E-state index >= 15 is 0 Å². The van der Waals surface area contributed by atoms with Gasteiger partial charge in [-0.2, -0.15) is 0 Å². The minimum Gasteiger partial charge on any atom is -0.332 e. The quantitative estimate of drug-likeness (QED) is 0.636. The van der Waals surface area contributed by atoms with Crippen molar-refractivity contribution in [1.82, 2.24) is 10.6 Å². The van der Waals surface area contributed by atoms with Gasteiger partial charge in [0.2, 0.25) is 11.8 Å². The highest BCUT2D eigenvalue weighted by Gasteiger charge is 2.51. The minimum atomic E-state index is -0.399. The summed E-state index contributed by atoms with van der Waals surface area (Å²) in [5, 5.41) is 8.04. The molecule has 4 saturated carbocycles. The largest absolute Gasteiger partial charge is 0.332 e. The number of thioether (sulfide) groups is 1. The van der Waals surface area contributed by atoms with Gasteiger partial charge in [-0.3, -0.25) is 14.9 Å². The van der Waals surface area contributed by atoms with E-state index in [9.17, 15) is 14.4 Å². The molecule has 1 aromatic rings. The van der Waals surface area contributed by atoms with E-state index in [0.29, 0.717) is 5.69 Å². The Balaban J connectivity index is 1.28. The van der Waals surface area contributed by atoms with E-state index in [1.165, 1.54) is 37.9 Å². The number of carbonyl (C=O) groups excluding carboxylic acids is 3. The molecular formula is C22H29N3O3S. The Morgan fingerprint density at radius 2 is 1.55 bits per heavy atom. The van der Waals surface area contributed by atoms with Crippen LogP contribution in [0.4, 0.5) is 10.5 Å². The molecule has 1 aromatic carbocycles. The Bertz CT molecular complexity index is 773. The second-order valence-corrected chi connectivity index (χ2v) is 10.5. The van der Waals surface area contributed by atoms with Gasteiger partial charge in [-0.25, -0.2) is 4.79 Å². The number of hydrogen-bond donors (Lipinski definition) is 3. The van der Waals surface area contributed by atoms with Gasteiger partial charge in [-0.1, -0.05) is 0 Å². The monoisotopic (exact) mass is 415 g/mol. The highest BCUT2D eigenvalue weighted by molar-refractivity contribution is 8.00. The maximum atomic E-state index is 12.5. The van der Waals surface area contributed by atoms with Crippen molar-refractivity contribution in [2.24, 2.45) is 17.8 Å². The molecule has 0 heterocycles. The third kappa shape index (κ3) is 4.77. The van der Waals surface area contributed by atoms with E-state index in [4.69, 9.17) is 0 Å². The smallest absolute Gasteiger partial charge is 0.321 e. The summed E-state index contributed by atoms with van der Waals surface area (Å²) < 4.78 is 0. The lowest BCUT2D eigenvalue weighted by molar-refractivity contribution is -0.119. The average molecular weight is 416 g/mol. The van der Waals surface area contributed by atoms with Gasteiger partial charge < -0.3 is 10.6 Å². The van der Waals surface area contributed by atoms with Crippen LogP contribution in [0.15, 0.2) is 29.2 Å². The number of nitrogens with one attached hydrogen (secondary N) is 3. The molecule has 7 heteroatoms. The fraction of sp³-hybridized carbons (Fsp3) is 0.591. The maximum absolute atomic E-state index is 12.5. The van der Waals surface area contributed by atoms with E-state index in [-0.39, 0.29) is 23.4 Å². The first-order valence-corrected chi connectivity index (χ1v) is 11.4. The summed E-state index contributed by atoms with van der Waals surface area (Å²) in [5.74, 6) is 1.82. The molecule has 0 spiro atoms. The molecule has 4 bridgehead atoms. The van der Waals surface area contributed by atoms with Gasteiger partial charge in [-0.15, -0.1) is 11.8 Å². The number of anilines is 1. The molecule has 0 radical (unpaired) electrons. The van der Waals surface area contributed by atoms with Crippen LogP contribution >= 0.6 is 11.8 Å². The molecule has 1 atom stereocenters. The fourth-order valence-electron chi connectivity index (χ4n) is 5.83. The normalized spacial score (nSPS) is 30.5. The molecule has 4 fully saturated rings. The minimum absolute atomic E-state index is 0.102. The lowest BCUT2D eigenvalue weighted by atomic mass is 9.53. The Hall–Kier alpha value is -2.02. The summed E-state index contributed by atoms with van der Waals surface area (Å²) in [6, 6.07) is 6.96. The zero-order valence-electron chi connectivity index (χ0n) is 17.0. The van der Waals surface area contributed by atoms with Crippen molar-refractivity contribution in [2.45, 2.75) is 68.1 Å². The Kier molecular flexibility index (Phi) is 5.60. The highest BCUT2D eigenvalue weighted by atomic mass is 32.2. The van der Waals surface area contributed by atoms with Crippen molar-refractivity contribution in [2.75, 3.05) is 5.32 Å². The van der Waals surface area contributed by atoms with Crippen molar-refractivity contribution in [3.63, 3.8) is 0 Å². The summed E-state index contributed by atoms with van der Waals surface area (Å²) in [6.45, 7) is 3.25. The zero-order chi connectivity index (χ0) is 20.6. The van der Waals surface area contributed by atoms with Crippen molar-refractivity contribution in [1.29, 1.82) is 0 Å². The van der Waals surface area contributed by atoms with Crippen LogP contribution < -0.4 is 16.0 Å². The highest BCUT2D eigenvalue weighted by Crippen LogP contribution is 2.55. The van der Waals surface area contributed by atoms with Crippen molar-refractivity contribution in [3.05, 3.63) is 24.3 Å². The number of carbonyl (C=O) groups is 3. The summed E-state index contributed by atoms with van der Waals surface area (Å²) in [4.78, 5) is 37.1. The van der Waals surface area contributed by atoms with Crippen LogP contribution in [0, 0.1) is 17.8 Å². The van der Waals surface area contributed by atoms with E-state index < -0.39 is 5.25 Å². The van der Waals surface area contributed by atoms with Crippen LogP contribution in [-0.2, 0) is 9.59 Å². The third-order valence-electron chi connectivity index (χ3n) is 6.51. The predicted octanol–water partition coefficient (Wildman–Crippen LogP) is 3.92. The molecule has 4 aliphatic carbocycles. The number of imide groups is 1. The molecule has 0 aromatic heterocycles. The van der Waals surface area contributed by atoms with Gasteiger partial charge >= 0.3 is 6.03 Å². The van der Waals surface area contributed by atoms with Crippen molar-refractivity contribution < 1.29 is 14.4 Å². The van der Waals surface area contributed by atoms with Crippen LogP contribution in [0.5, 0.6) is 0 Å².